The molecule has 0 aromatic heterocycles. The van der Waals surface area contributed by atoms with Crippen molar-refractivity contribution in [3.05, 3.63) is 42.0 Å². The Morgan fingerprint density at radius 2 is 1.86 bits per heavy atom. The van der Waals surface area contributed by atoms with E-state index in [-0.39, 0.29) is 24.5 Å². The third kappa shape index (κ3) is 7.04. The van der Waals surface area contributed by atoms with Crippen molar-refractivity contribution in [3.63, 3.8) is 0 Å². The fourth-order valence-corrected chi connectivity index (χ4v) is 1.72. The van der Waals surface area contributed by atoms with E-state index in [0.717, 1.165) is 5.56 Å². The van der Waals surface area contributed by atoms with Crippen molar-refractivity contribution >= 4 is 35.4 Å². The molecule has 0 N–H and O–H groups in total. The number of methoxy groups -OCH3 is 1. The minimum atomic E-state index is -0.774. The molecule has 22 heavy (non-hydrogen) atoms. The number of hydrogen-bond acceptors (Lipinski definition) is 5. The van der Waals surface area contributed by atoms with Gasteiger partial charge in [-0.2, -0.15) is 0 Å². The summed E-state index contributed by atoms with van der Waals surface area (Å²) in [5.41, 5.74) is 0.898. The Morgan fingerprint density at radius 1 is 1.18 bits per heavy atom. The minimum absolute atomic E-state index is 0.110. The SMILES string of the molecule is COC(=O)CC(=O)C[C@H](/C=C/c1ccccc1)OC(=O)CCl. The fraction of sp³-hybridized carbons (Fsp3) is 0.312. The van der Waals surface area contributed by atoms with E-state index < -0.39 is 18.0 Å². The molecule has 1 aromatic rings. The first-order chi connectivity index (χ1) is 10.5. The van der Waals surface area contributed by atoms with Crippen LogP contribution in [0.5, 0.6) is 0 Å². The molecule has 1 atom stereocenters. The van der Waals surface area contributed by atoms with Gasteiger partial charge in [0.05, 0.1) is 7.11 Å². The molecule has 118 valence electrons. The first kappa shape index (κ1) is 17.9. The van der Waals surface area contributed by atoms with Gasteiger partial charge in [0.15, 0.2) is 0 Å². The molecule has 5 nitrogen and oxygen atoms in total. The second-order valence-electron chi connectivity index (χ2n) is 4.43. The van der Waals surface area contributed by atoms with Crippen molar-refractivity contribution in [2.24, 2.45) is 0 Å². The zero-order valence-electron chi connectivity index (χ0n) is 12.2. The van der Waals surface area contributed by atoms with Crippen molar-refractivity contribution in [1.29, 1.82) is 0 Å². The van der Waals surface area contributed by atoms with E-state index in [1.54, 1.807) is 12.2 Å². The number of ether oxygens (including phenoxy) is 2. The van der Waals surface area contributed by atoms with E-state index in [0.29, 0.717) is 0 Å². The second-order valence-corrected chi connectivity index (χ2v) is 4.69. The smallest absolute Gasteiger partial charge is 0.321 e. The standard InChI is InChI=1S/C16H17ClO5/c1-21-15(19)10-13(18)9-14(22-16(20)11-17)8-7-12-5-3-2-4-6-12/h2-8,14H,9-11H2,1H3/b8-7+/t14-/m0/s1. The van der Waals surface area contributed by atoms with Crippen LogP contribution in [0.3, 0.4) is 0 Å². The number of Topliss-reactive ketones (excluding diaryl/α,β-unsaturated/α-hetero) is 1. The summed E-state index contributed by atoms with van der Waals surface area (Å²) < 4.78 is 9.50. The van der Waals surface area contributed by atoms with Crippen LogP contribution in [0.2, 0.25) is 0 Å². The summed E-state index contributed by atoms with van der Waals surface area (Å²) in [5, 5.41) is 0. The van der Waals surface area contributed by atoms with E-state index in [2.05, 4.69) is 4.74 Å². The summed E-state index contributed by atoms with van der Waals surface area (Å²) in [6, 6.07) is 9.34. The van der Waals surface area contributed by atoms with Gasteiger partial charge in [0.2, 0.25) is 0 Å². The molecule has 0 heterocycles. The number of alkyl halides is 1. The summed E-state index contributed by atoms with van der Waals surface area (Å²) in [4.78, 5) is 34.1. The number of ketones is 1. The zero-order chi connectivity index (χ0) is 16.4. The molecule has 0 amide bonds. The number of hydrogen-bond donors (Lipinski definition) is 0. The Morgan fingerprint density at radius 3 is 2.45 bits per heavy atom. The van der Waals surface area contributed by atoms with Gasteiger partial charge in [0.25, 0.3) is 0 Å². The van der Waals surface area contributed by atoms with Gasteiger partial charge < -0.3 is 9.47 Å². The van der Waals surface area contributed by atoms with Crippen molar-refractivity contribution in [1.82, 2.24) is 0 Å². The van der Waals surface area contributed by atoms with Gasteiger partial charge in [-0.25, -0.2) is 0 Å². The fourth-order valence-electron chi connectivity index (χ4n) is 1.66. The minimum Gasteiger partial charge on any atom is -0.469 e. The topological polar surface area (TPSA) is 69.7 Å². The van der Waals surface area contributed by atoms with E-state index in [9.17, 15) is 14.4 Å². The number of esters is 2. The van der Waals surface area contributed by atoms with Crippen LogP contribution in [0.4, 0.5) is 0 Å². The lowest BCUT2D eigenvalue weighted by Crippen LogP contribution is -2.22. The maximum atomic E-state index is 11.7. The molecule has 1 aromatic carbocycles. The zero-order valence-corrected chi connectivity index (χ0v) is 12.9. The van der Waals surface area contributed by atoms with Crippen molar-refractivity contribution in [2.75, 3.05) is 13.0 Å². The Balaban J connectivity index is 2.71. The third-order valence-corrected chi connectivity index (χ3v) is 2.91. The van der Waals surface area contributed by atoms with Crippen LogP contribution in [0.25, 0.3) is 6.08 Å². The third-order valence-electron chi connectivity index (χ3n) is 2.69. The lowest BCUT2D eigenvalue weighted by atomic mass is 10.1. The van der Waals surface area contributed by atoms with Gasteiger partial charge in [-0.05, 0) is 11.6 Å². The maximum Gasteiger partial charge on any atom is 0.321 e. The Hall–Kier alpha value is -2.14. The van der Waals surface area contributed by atoms with Crippen LogP contribution >= 0.6 is 11.6 Å². The summed E-state index contributed by atoms with van der Waals surface area (Å²) >= 11 is 5.40. The molecule has 0 aliphatic heterocycles. The van der Waals surface area contributed by atoms with E-state index in [1.165, 1.54) is 7.11 Å². The Bertz CT molecular complexity index is 539. The number of benzene rings is 1. The molecular formula is C16H17ClO5. The first-order valence-corrected chi connectivity index (χ1v) is 7.15. The summed E-state index contributed by atoms with van der Waals surface area (Å²) in [5.74, 6) is -1.94. The van der Waals surface area contributed by atoms with Gasteiger partial charge in [-0.3, -0.25) is 14.4 Å². The molecule has 0 saturated carbocycles. The quantitative estimate of drug-likeness (QED) is 0.417. The molecular weight excluding hydrogens is 308 g/mol. The molecule has 0 radical (unpaired) electrons. The van der Waals surface area contributed by atoms with Gasteiger partial charge >= 0.3 is 11.9 Å². The first-order valence-electron chi connectivity index (χ1n) is 6.62. The molecule has 0 aliphatic carbocycles. The van der Waals surface area contributed by atoms with E-state index in [1.807, 2.05) is 30.3 Å². The molecule has 1 rings (SSSR count). The summed E-state index contributed by atoms with van der Waals surface area (Å²) in [6.45, 7) is 0. The highest BCUT2D eigenvalue weighted by atomic mass is 35.5. The van der Waals surface area contributed by atoms with Crippen molar-refractivity contribution in [3.8, 4) is 0 Å². The van der Waals surface area contributed by atoms with Gasteiger partial charge in [0.1, 0.15) is 24.2 Å². The average molecular weight is 325 g/mol. The Labute approximate surface area is 133 Å². The highest BCUT2D eigenvalue weighted by molar-refractivity contribution is 6.26. The molecule has 0 aliphatic rings. The number of halogens is 1. The average Bonchev–Trinajstić information content (AvgIpc) is 2.53. The predicted octanol–water partition coefficient (Wildman–Crippen LogP) is 2.37. The van der Waals surface area contributed by atoms with Gasteiger partial charge in [-0.15, -0.1) is 11.6 Å². The van der Waals surface area contributed by atoms with Crippen LogP contribution in [0.1, 0.15) is 18.4 Å². The van der Waals surface area contributed by atoms with Crippen LogP contribution < -0.4 is 0 Å². The number of carbonyl (C=O) groups excluding carboxylic acids is 3. The number of rotatable bonds is 8. The predicted molar refractivity (Wildman–Crippen MR) is 82.3 cm³/mol. The molecule has 0 spiro atoms. The maximum absolute atomic E-state index is 11.7. The van der Waals surface area contributed by atoms with Crippen LogP contribution in [0.15, 0.2) is 36.4 Å². The molecule has 0 bridgehead atoms. The van der Waals surface area contributed by atoms with Crippen LogP contribution in [0, 0.1) is 0 Å². The monoisotopic (exact) mass is 324 g/mol. The van der Waals surface area contributed by atoms with Crippen molar-refractivity contribution in [2.45, 2.75) is 18.9 Å². The number of carbonyl (C=O) groups is 3. The molecule has 0 unspecified atom stereocenters. The van der Waals surface area contributed by atoms with E-state index in [4.69, 9.17) is 16.3 Å². The lowest BCUT2D eigenvalue weighted by molar-refractivity contribution is -0.145. The molecule has 0 fully saturated rings. The summed E-state index contributed by atoms with van der Waals surface area (Å²) in [6.07, 6.45) is 2.08. The van der Waals surface area contributed by atoms with Crippen LogP contribution in [-0.4, -0.2) is 36.8 Å². The highest BCUT2D eigenvalue weighted by Crippen LogP contribution is 2.09. The van der Waals surface area contributed by atoms with Gasteiger partial charge in [0, 0.05) is 6.42 Å². The summed E-state index contributed by atoms with van der Waals surface area (Å²) in [7, 11) is 1.20. The Kier molecular flexibility index (Phi) is 7.92. The van der Waals surface area contributed by atoms with Gasteiger partial charge in [-0.1, -0.05) is 36.4 Å². The van der Waals surface area contributed by atoms with Crippen molar-refractivity contribution < 1.29 is 23.9 Å². The molecule has 6 heteroatoms. The second kappa shape index (κ2) is 9.73. The van der Waals surface area contributed by atoms with Crippen LogP contribution in [-0.2, 0) is 23.9 Å². The normalized spacial score (nSPS) is 11.9. The van der Waals surface area contributed by atoms with E-state index >= 15 is 0 Å². The largest absolute Gasteiger partial charge is 0.469 e. The lowest BCUT2D eigenvalue weighted by Gasteiger charge is -2.12. The highest BCUT2D eigenvalue weighted by Gasteiger charge is 2.18. The molecule has 0 saturated heterocycles.